The molecular formula is C16H17NO. The molecule has 1 fully saturated rings. The zero-order chi connectivity index (χ0) is 12.3. The molecule has 4 rings (SSSR count). The molecule has 2 atom stereocenters. The number of hydrogen-bond donors (Lipinski definition) is 1. The number of benzene rings is 1. The van der Waals surface area contributed by atoms with Gasteiger partial charge in [0.1, 0.15) is 5.78 Å². The summed E-state index contributed by atoms with van der Waals surface area (Å²) in [6.07, 6.45) is 7.09. The third-order valence-electron chi connectivity index (χ3n) is 5.13. The van der Waals surface area contributed by atoms with Crippen molar-refractivity contribution in [3.8, 4) is 0 Å². The number of Topliss-reactive ketones (excluding diaryl/α,β-unsaturated/α-hetero) is 1. The van der Waals surface area contributed by atoms with Gasteiger partial charge in [-0.1, -0.05) is 17.7 Å². The van der Waals surface area contributed by atoms with Gasteiger partial charge in [-0.25, -0.2) is 0 Å². The number of rotatable bonds is 0. The van der Waals surface area contributed by atoms with Gasteiger partial charge in [0.25, 0.3) is 0 Å². The normalized spacial score (nSPS) is 32.8. The van der Waals surface area contributed by atoms with E-state index in [4.69, 9.17) is 5.73 Å². The van der Waals surface area contributed by atoms with Crippen molar-refractivity contribution in [3.05, 3.63) is 41.0 Å². The first-order valence-corrected chi connectivity index (χ1v) is 6.80. The van der Waals surface area contributed by atoms with Crippen LogP contribution in [-0.2, 0) is 16.6 Å². The van der Waals surface area contributed by atoms with Gasteiger partial charge in [-0.15, -0.1) is 0 Å². The van der Waals surface area contributed by atoms with Crippen molar-refractivity contribution in [1.82, 2.24) is 0 Å². The van der Waals surface area contributed by atoms with E-state index in [9.17, 15) is 4.79 Å². The first kappa shape index (κ1) is 10.4. The van der Waals surface area contributed by atoms with Gasteiger partial charge < -0.3 is 5.73 Å². The highest BCUT2D eigenvalue weighted by atomic mass is 16.1. The second kappa shape index (κ2) is 3.25. The Balaban J connectivity index is 1.94. The van der Waals surface area contributed by atoms with Gasteiger partial charge >= 0.3 is 0 Å². The first-order valence-electron chi connectivity index (χ1n) is 6.80. The molecule has 1 saturated carbocycles. The van der Waals surface area contributed by atoms with Crippen molar-refractivity contribution in [3.63, 3.8) is 0 Å². The molecule has 1 aromatic carbocycles. The number of hydrogen-bond acceptors (Lipinski definition) is 2. The van der Waals surface area contributed by atoms with Gasteiger partial charge in [0.15, 0.2) is 0 Å². The lowest BCUT2D eigenvalue weighted by Crippen LogP contribution is -2.43. The van der Waals surface area contributed by atoms with Crippen molar-refractivity contribution in [1.29, 1.82) is 0 Å². The van der Waals surface area contributed by atoms with E-state index in [2.05, 4.69) is 18.2 Å². The Hall–Kier alpha value is -1.57. The van der Waals surface area contributed by atoms with E-state index in [1.165, 1.54) is 16.7 Å². The van der Waals surface area contributed by atoms with Crippen molar-refractivity contribution in [2.24, 2.45) is 5.92 Å². The van der Waals surface area contributed by atoms with Crippen molar-refractivity contribution < 1.29 is 4.79 Å². The zero-order valence-electron chi connectivity index (χ0n) is 10.4. The second-order valence-electron chi connectivity index (χ2n) is 5.99. The fourth-order valence-electron chi connectivity index (χ4n) is 4.33. The van der Waals surface area contributed by atoms with Gasteiger partial charge in [-0.2, -0.15) is 0 Å². The van der Waals surface area contributed by atoms with Crippen LogP contribution in [0.3, 0.4) is 0 Å². The molecular weight excluding hydrogens is 222 g/mol. The Kier molecular flexibility index (Phi) is 1.87. The summed E-state index contributed by atoms with van der Waals surface area (Å²) in [6.45, 7) is 0. The monoisotopic (exact) mass is 239 g/mol. The fraction of sp³-hybridized carbons (Fsp3) is 0.438. The fourth-order valence-corrected chi connectivity index (χ4v) is 4.33. The molecule has 92 valence electrons. The third kappa shape index (κ3) is 1.11. The average Bonchev–Trinajstić information content (AvgIpc) is 2.95. The number of carbonyl (C=O) groups is 1. The van der Waals surface area contributed by atoms with Crippen LogP contribution < -0.4 is 5.73 Å². The summed E-state index contributed by atoms with van der Waals surface area (Å²) in [5.74, 6) is 0.982. The Morgan fingerprint density at radius 2 is 2.17 bits per heavy atom. The third-order valence-corrected chi connectivity index (χ3v) is 5.13. The highest BCUT2D eigenvalue weighted by Crippen LogP contribution is 2.57. The number of anilines is 1. The number of ketones is 1. The molecule has 3 aliphatic carbocycles. The van der Waals surface area contributed by atoms with Crippen LogP contribution in [-0.4, -0.2) is 5.78 Å². The summed E-state index contributed by atoms with van der Waals surface area (Å²) in [5, 5.41) is 0. The van der Waals surface area contributed by atoms with E-state index in [0.29, 0.717) is 18.1 Å². The minimum absolute atomic E-state index is 0.189. The smallest absolute Gasteiger partial charge is 0.144 e. The minimum Gasteiger partial charge on any atom is -0.399 e. The largest absolute Gasteiger partial charge is 0.399 e. The SMILES string of the molecule is Nc1ccc2c(c1)CCC(=O)C21CC2=CCC1C2. The minimum atomic E-state index is -0.189. The van der Waals surface area contributed by atoms with Crippen molar-refractivity contribution in [2.75, 3.05) is 5.73 Å². The van der Waals surface area contributed by atoms with E-state index in [-0.39, 0.29) is 5.41 Å². The van der Waals surface area contributed by atoms with E-state index in [1.54, 1.807) is 0 Å². The molecule has 0 amide bonds. The summed E-state index contributed by atoms with van der Waals surface area (Å²) >= 11 is 0. The van der Waals surface area contributed by atoms with Crippen molar-refractivity contribution >= 4 is 11.5 Å². The number of nitrogen functional groups attached to an aromatic ring is 1. The van der Waals surface area contributed by atoms with Crippen LogP contribution >= 0.6 is 0 Å². The lowest BCUT2D eigenvalue weighted by atomic mass is 9.62. The van der Waals surface area contributed by atoms with Crippen LogP contribution in [0.2, 0.25) is 0 Å². The van der Waals surface area contributed by atoms with E-state index < -0.39 is 0 Å². The molecule has 0 heterocycles. The quantitative estimate of drug-likeness (QED) is 0.559. The highest BCUT2D eigenvalue weighted by Gasteiger charge is 2.54. The summed E-state index contributed by atoms with van der Waals surface area (Å²) in [4.78, 5) is 12.6. The van der Waals surface area contributed by atoms with E-state index in [1.807, 2.05) is 6.07 Å². The maximum atomic E-state index is 12.6. The lowest BCUT2D eigenvalue weighted by Gasteiger charge is -2.40. The number of fused-ring (bicyclic) bond motifs is 5. The standard InChI is InChI=1S/C16H17NO/c17-13-4-5-14-11(8-13)2-6-15(18)16(14)9-10-1-3-12(16)7-10/h1,4-5,8,12H,2-3,6-7,9,17H2. The summed E-state index contributed by atoms with van der Waals surface area (Å²) in [7, 11) is 0. The maximum Gasteiger partial charge on any atom is 0.144 e. The maximum absolute atomic E-state index is 12.6. The predicted octanol–water partition coefficient (Wildman–Crippen LogP) is 2.76. The van der Waals surface area contributed by atoms with Crippen LogP contribution in [0.1, 0.15) is 36.8 Å². The van der Waals surface area contributed by atoms with Crippen LogP contribution in [0, 0.1) is 5.92 Å². The molecule has 0 aliphatic heterocycles. The first-order chi connectivity index (χ1) is 8.70. The average molecular weight is 239 g/mol. The second-order valence-corrected chi connectivity index (χ2v) is 5.99. The highest BCUT2D eigenvalue weighted by molar-refractivity contribution is 5.94. The zero-order valence-corrected chi connectivity index (χ0v) is 10.4. The summed E-state index contributed by atoms with van der Waals surface area (Å²) < 4.78 is 0. The van der Waals surface area contributed by atoms with Crippen LogP contribution in [0.5, 0.6) is 0 Å². The van der Waals surface area contributed by atoms with Crippen LogP contribution in [0.25, 0.3) is 0 Å². The Labute approximate surface area is 107 Å². The molecule has 0 aromatic heterocycles. The van der Waals surface area contributed by atoms with Crippen LogP contribution in [0.4, 0.5) is 5.69 Å². The molecule has 2 N–H and O–H groups in total. The molecule has 18 heavy (non-hydrogen) atoms. The molecule has 2 bridgehead atoms. The van der Waals surface area contributed by atoms with Gasteiger partial charge in [-0.3, -0.25) is 4.79 Å². The van der Waals surface area contributed by atoms with Gasteiger partial charge in [0.05, 0.1) is 5.41 Å². The van der Waals surface area contributed by atoms with E-state index in [0.717, 1.165) is 31.4 Å². The summed E-state index contributed by atoms with van der Waals surface area (Å²) in [6, 6.07) is 6.15. The van der Waals surface area contributed by atoms with Gasteiger partial charge in [-0.05, 0) is 54.9 Å². The van der Waals surface area contributed by atoms with Crippen LogP contribution in [0.15, 0.2) is 29.8 Å². The topological polar surface area (TPSA) is 43.1 Å². The molecule has 1 aromatic rings. The lowest BCUT2D eigenvalue weighted by molar-refractivity contribution is -0.126. The molecule has 3 aliphatic rings. The Bertz CT molecular complexity index is 587. The molecule has 1 spiro atoms. The molecule has 2 nitrogen and oxygen atoms in total. The molecule has 0 radical (unpaired) electrons. The van der Waals surface area contributed by atoms with Gasteiger partial charge in [0, 0.05) is 12.1 Å². The predicted molar refractivity (Wildman–Crippen MR) is 71.3 cm³/mol. The number of allylic oxidation sites excluding steroid dienone is 2. The number of aryl methyl sites for hydroxylation is 1. The molecule has 2 heteroatoms. The number of nitrogens with two attached hydrogens (primary N) is 1. The summed E-state index contributed by atoms with van der Waals surface area (Å²) in [5.41, 5.74) is 10.6. The number of carbonyl (C=O) groups excluding carboxylic acids is 1. The molecule has 2 unspecified atom stereocenters. The Morgan fingerprint density at radius 3 is 2.89 bits per heavy atom. The van der Waals surface area contributed by atoms with Gasteiger partial charge in [0.2, 0.25) is 0 Å². The Morgan fingerprint density at radius 1 is 1.28 bits per heavy atom. The van der Waals surface area contributed by atoms with E-state index >= 15 is 0 Å². The molecule has 0 saturated heterocycles. The van der Waals surface area contributed by atoms with Crippen molar-refractivity contribution in [2.45, 2.75) is 37.5 Å².